The Morgan fingerprint density at radius 1 is 1.29 bits per heavy atom. The van der Waals surface area contributed by atoms with Gasteiger partial charge in [0.2, 0.25) is 11.8 Å². The van der Waals surface area contributed by atoms with Gasteiger partial charge in [0.15, 0.2) is 0 Å². The Morgan fingerprint density at radius 2 is 2.00 bits per heavy atom. The van der Waals surface area contributed by atoms with E-state index in [1.54, 1.807) is 6.07 Å². The monoisotopic (exact) mass is 332 g/mol. The van der Waals surface area contributed by atoms with Gasteiger partial charge in [-0.3, -0.25) is 19.7 Å². The number of fused-ring (bicyclic) bond motifs is 1. The Bertz CT molecular complexity index is 742. The van der Waals surface area contributed by atoms with E-state index in [0.29, 0.717) is 17.5 Å². The summed E-state index contributed by atoms with van der Waals surface area (Å²) in [6.07, 6.45) is 1.28. The maximum atomic E-state index is 14.5. The summed E-state index contributed by atoms with van der Waals surface area (Å²) in [5.41, 5.74) is 1.31. The van der Waals surface area contributed by atoms with Gasteiger partial charge in [0.1, 0.15) is 11.9 Å². The second kappa shape index (κ2) is 5.69. The first-order chi connectivity index (χ1) is 11.2. The minimum atomic E-state index is -0.673. The van der Waals surface area contributed by atoms with E-state index in [-0.39, 0.29) is 36.0 Å². The van der Waals surface area contributed by atoms with Gasteiger partial charge in [-0.25, -0.2) is 4.39 Å². The van der Waals surface area contributed by atoms with E-state index in [9.17, 15) is 18.8 Å². The summed E-state index contributed by atoms with van der Waals surface area (Å²) in [6, 6.07) is 2.36. The lowest BCUT2D eigenvalue weighted by Crippen LogP contribution is -2.52. The molecule has 0 radical (unpaired) electrons. The minimum absolute atomic E-state index is 0.207. The Balaban J connectivity index is 1.93. The number of piperidine rings is 1. The average molecular weight is 332 g/mol. The molecule has 2 aliphatic rings. The largest absolute Gasteiger partial charge is 0.322 e. The van der Waals surface area contributed by atoms with E-state index in [0.717, 1.165) is 12.0 Å². The molecule has 0 aromatic heterocycles. The van der Waals surface area contributed by atoms with Crippen LogP contribution in [-0.2, 0) is 21.5 Å². The lowest BCUT2D eigenvalue weighted by Gasteiger charge is -2.29. The summed E-state index contributed by atoms with van der Waals surface area (Å²) in [4.78, 5) is 37.3. The van der Waals surface area contributed by atoms with E-state index in [4.69, 9.17) is 0 Å². The molecule has 3 amide bonds. The van der Waals surface area contributed by atoms with Crippen LogP contribution in [0.5, 0.6) is 0 Å². The third-order valence-corrected chi connectivity index (χ3v) is 5.22. The van der Waals surface area contributed by atoms with Crippen LogP contribution >= 0.6 is 0 Å². The van der Waals surface area contributed by atoms with Gasteiger partial charge >= 0.3 is 0 Å². The fourth-order valence-electron chi connectivity index (χ4n) is 3.30. The molecular formula is C18H21FN2O3. The van der Waals surface area contributed by atoms with Crippen molar-refractivity contribution in [1.82, 2.24) is 10.2 Å². The first-order valence-corrected chi connectivity index (χ1v) is 8.22. The van der Waals surface area contributed by atoms with Gasteiger partial charge < -0.3 is 4.90 Å². The molecule has 2 aliphatic heterocycles. The molecule has 128 valence electrons. The van der Waals surface area contributed by atoms with Crippen LogP contribution in [0.1, 0.15) is 61.5 Å². The number of imide groups is 1. The predicted molar refractivity (Wildman–Crippen MR) is 85.8 cm³/mol. The Morgan fingerprint density at radius 3 is 2.62 bits per heavy atom. The lowest BCUT2D eigenvalue weighted by atomic mass is 9.81. The SMILES string of the molecule is CCC(C)(C)c1cc2c(cc1F)C(=O)N([C@H]1CCC(=O)NC1=O)C2. The lowest BCUT2D eigenvalue weighted by molar-refractivity contribution is -0.136. The first kappa shape index (κ1) is 16.6. The highest BCUT2D eigenvalue weighted by molar-refractivity contribution is 6.05. The number of halogens is 1. The second-order valence-corrected chi connectivity index (χ2v) is 7.13. The number of nitrogens with one attached hydrogen (secondary N) is 1. The predicted octanol–water partition coefficient (Wildman–Crippen LogP) is 2.27. The summed E-state index contributed by atoms with van der Waals surface area (Å²) in [5.74, 6) is -1.52. The molecule has 24 heavy (non-hydrogen) atoms. The van der Waals surface area contributed by atoms with Crippen molar-refractivity contribution >= 4 is 17.7 Å². The average Bonchev–Trinajstić information content (AvgIpc) is 2.83. The number of hydrogen-bond donors (Lipinski definition) is 1. The number of amides is 3. The van der Waals surface area contributed by atoms with Crippen molar-refractivity contribution in [2.45, 2.75) is 58.0 Å². The molecule has 2 heterocycles. The van der Waals surface area contributed by atoms with E-state index in [1.165, 1.54) is 11.0 Å². The van der Waals surface area contributed by atoms with Crippen LogP contribution in [-0.4, -0.2) is 28.7 Å². The molecule has 1 N–H and O–H groups in total. The Hall–Kier alpha value is -2.24. The van der Waals surface area contributed by atoms with Crippen LogP contribution < -0.4 is 5.32 Å². The van der Waals surface area contributed by atoms with Crippen molar-refractivity contribution in [3.8, 4) is 0 Å². The van der Waals surface area contributed by atoms with Crippen LogP contribution in [0.4, 0.5) is 4.39 Å². The molecule has 0 saturated carbocycles. The van der Waals surface area contributed by atoms with Crippen molar-refractivity contribution in [2.75, 3.05) is 0 Å². The van der Waals surface area contributed by atoms with Gasteiger partial charge in [0, 0.05) is 18.5 Å². The molecule has 3 rings (SSSR count). The fraction of sp³-hybridized carbons (Fsp3) is 0.500. The molecule has 6 heteroatoms. The highest BCUT2D eigenvalue weighted by Gasteiger charge is 2.40. The maximum Gasteiger partial charge on any atom is 0.255 e. The quantitative estimate of drug-likeness (QED) is 0.864. The first-order valence-electron chi connectivity index (χ1n) is 8.22. The van der Waals surface area contributed by atoms with E-state index in [1.807, 2.05) is 20.8 Å². The van der Waals surface area contributed by atoms with Crippen molar-refractivity contribution in [2.24, 2.45) is 0 Å². The summed E-state index contributed by atoms with van der Waals surface area (Å²) in [6.45, 7) is 6.19. The fourth-order valence-corrected chi connectivity index (χ4v) is 3.30. The Labute approximate surface area is 140 Å². The van der Waals surface area contributed by atoms with Crippen molar-refractivity contribution in [3.05, 3.63) is 34.6 Å². The third kappa shape index (κ3) is 2.60. The second-order valence-electron chi connectivity index (χ2n) is 7.13. The van der Waals surface area contributed by atoms with Gasteiger partial charge in [-0.1, -0.05) is 20.8 Å². The summed E-state index contributed by atoms with van der Waals surface area (Å²) in [5, 5.41) is 2.26. The molecule has 1 aromatic carbocycles. The van der Waals surface area contributed by atoms with E-state index >= 15 is 0 Å². The van der Waals surface area contributed by atoms with Gasteiger partial charge in [-0.05, 0) is 41.5 Å². The van der Waals surface area contributed by atoms with Crippen molar-refractivity contribution < 1.29 is 18.8 Å². The smallest absolute Gasteiger partial charge is 0.255 e. The number of hydrogen-bond acceptors (Lipinski definition) is 3. The molecule has 1 saturated heterocycles. The van der Waals surface area contributed by atoms with Crippen molar-refractivity contribution in [3.63, 3.8) is 0 Å². The van der Waals surface area contributed by atoms with Gasteiger partial charge in [0.05, 0.1) is 0 Å². The number of carbonyl (C=O) groups is 3. The van der Waals surface area contributed by atoms with Gasteiger partial charge in [0.25, 0.3) is 5.91 Å². The molecule has 1 fully saturated rings. The standard InChI is InChI=1S/C18H21FN2O3/c1-4-18(2,3)12-7-10-9-21(17(24)11(10)8-13(12)19)14-5-6-15(22)20-16(14)23/h7-8,14H,4-6,9H2,1-3H3,(H,20,22,23)/t14-/m0/s1. The van der Waals surface area contributed by atoms with Crippen LogP contribution in [0, 0.1) is 5.82 Å². The highest BCUT2D eigenvalue weighted by Crippen LogP contribution is 2.35. The molecule has 0 spiro atoms. The molecule has 0 unspecified atom stereocenters. The summed E-state index contributed by atoms with van der Waals surface area (Å²) in [7, 11) is 0. The Kier molecular flexibility index (Phi) is 3.94. The molecule has 1 aromatic rings. The maximum absolute atomic E-state index is 14.5. The molecule has 0 bridgehead atoms. The zero-order valence-electron chi connectivity index (χ0n) is 14.1. The zero-order chi connectivity index (χ0) is 17.6. The van der Waals surface area contributed by atoms with Crippen molar-refractivity contribution in [1.29, 1.82) is 0 Å². The van der Waals surface area contributed by atoms with Crippen LogP contribution in [0.25, 0.3) is 0 Å². The molecule has 5 nitrogen and oxygen atoms in total. The number of nitrogens with zero attached hydrogens (tertiary/aromatic N) is 1. The zero-order valence-corrected chi connectivity index (χ0v) is 14.1. The minimum Gasteiger partial charge on any atom is -0.322 e. The van der Waals surface area contributed by atoms with Gasteiger partial charge in [-0.15, -0.1) is 0 Å². The number of rotatable bonds is 3. The van der Waals surface area contributed by atoms with Crippen LogP contribution in [0.15, 0.2) is 12.1 Å². The summed E-state index contributed by atoms with van der Waals surface area (Å²) >= 11 is 0. The molecule has 0 aliphatic carbocycles. The molecule has 1 atom stereocenters. The van der Waals surface area contributed by atoms with Crippen LogP contribution in [0.2, 0.25) is 0 Å². The summed E-state index contributed by atoms with van der Waals surface area (Å²) < 4.78 is 14.5. The van der Waals surface area contributed by atoms with E-state index in [2.05, 4.69) is 5.32 Å². The third-order valence-electron chi connectivity index (χ3n) is 5.22. The topological polar surface area (TPSA) is 66.5 Å². The van der Waals surface area contributed by atoms with Gasteiger partial charge in [-0.2, -0.15) is 0 Å². The van der Waals surface area contributed by atoms with E-state index < -0.39 is 11.9 Å². The van der Waals surface area contributed by atoms with Crippen LogP contribution in [0.3, 0.4) is 0 Å². The molecular weight excluding hydrogens is 311 g/mol. The highest BCUT2D eigenvalue weighted by atomic mass is 19.1. The normalized spacial score (nSPS) is 21.1. The number of benzene rings is 1. The number of carbonyl (C=O) groups excluding carboxylic acids is 3.